The summed E-state index contributed by atoms with van der Waals surface area (Å²) in [6, 6.07) is 13.2. The smallest absolute Gasteiger partial charge is 0.317 e. The molecule has 7 nitrogen and oxygen atoms in total. The van der Waals surface area contributed by atoms with Gasteiger partial charge in [0, 0.05) is 43.0 Å². The van der Waals surface area contributed by atoms with Crippen LogP contribution in [-0.4, -0.2) is 41.0 Å². The highest BCUT2D eigenvalue weighted by molar-refractivity contribution is 5.92. The third-order valence-electron chi connectivity index (χ3n) is 6.05. The van der Waals surface area contributed by atoms with E-state index in [2.05, 4.69) is 15.6 Å². The first-order valence-corrected chi connectivity index (χ1v) is 11.2. The molecule has 2 aliphatic rings. The molecule has 2 N–H and O–H groups in total. The molecule has 1 aromatic carbocycles. The maximum Gasteiger partial charge on any atom is 0.317 e. The lowest BCUT2D eigenvalue weighted by molar-refractivity contribution is -0.121. The third-order valence-corrected chi connectivity index (χ3v) is 6.05. The zero-order valence-corrected chi connectivity index (χ0v) is 17.8. The predicted molar refractivity (Wildman–Crippen MR) is 119 cm³/mol. The molecule has 0 spiro atoms. The van der Waals surface area contributed by atoms with E-state index in [1.54, 1.807) is 11.1 Å². The molecule has 0 unspecified atom stereocenters. The number of hydrogen-bond donors (Lipinski definition) is 2. The number of anilines is 1. The molecule has 1 saturated carbocycles. The van der Waals surface area contributed by atoms with Crippen LogP contribution in [0.25, 0.3) is 0 Å². The molecule has 164 valence electrons. The van der Waals surface area contributed by atoms with Gasteiger partial charge in [-0.3, -0.25) is 4.79 Å². The number of piperidine rings is 1. The van der Waals surface area contributed by atoms with Crippen molar-refractivity contribution < 1.29 is 14.3 Å². The van der Waals surface area contributed by atoms with Gasteiger partial charge in [-0.1, -0.05) is 24.3 Å². The minimum Gasteiger partial charge on any atom is -0.474 e. The number of nitrogens with one attached hydrogen (secondary N) is 2. The minimum absolute atomic E-state index is 0.0234. The summed E-state index contributed by atoms with van der Waals surface area (Å²) in [7, 11) is 0. The maximum atomic E-state index is 12.6. The summed E-state index contributed by atoms with van der Waals surface area (Å²) in [6.07, 6.45) is 7.80. The quantitative estimate of drug-likeness (QED) is 0.738. The molecule has 1 aromatic heterocycles. The Hall–Kier alpha value is -3.09. The van der Waals surface area contributed by atoms with Gasteiger partial charge < -0.3 is 20.3 Å². The van der Waals surface area contributed by atoms with E-state index in [4.69, 9.17) is 4.74 Å². The molecule has 7 heteroatoms. The lowest BCUT2D eigenvalue weighted by Crippen LogP contribution is -2.45. The molecular formula is C24H30N4O3. The van der Waals surface area contributed by atoms with Crippen LogP contribution in [0, 0.1) is 5.92 Å². The Morgan fingerprint density at radius 3 is 2.48 bits per heavy atom. The largest absolute Gasteiger partial charge is 0.474 e. The van der Waals surface area contributed by atoms with Gasteiger partial charge in [0.05, 0.1) is 0 Å². The summed E-state index contributed by atoms with van der Waals surface area (Å²) in [4.78, 5) is 31.3. The molecule has 1 aliphatic heterocycles. The number of ether oxygens (including phenoxy) is 1. The van der Waals surface area contributed by atoms with Crippen LogP contribution in [0.15, 0.2) is 48.7 Å². The highest BCUT2D eigenvalue weighted by Crippen LogP contribution is 2.25. The zero-order chi connectivity index (χ0) is 21.5. The van der Waals surface area contributed by atoms with Crippen LogP contribution in [0.1, 0.15) is 44.1 Å². The molecule has 0 bridgehead atoms. The molecular weight excluding hydrogens is 392 g/mol. The number of aromatic nitrogens is 1. The minimum atomic E-state index is -0.113. The summed E-state index contributed by atoms with van der Waals surface area (Å²) in [5.74, 6) is 0.565. The first kappa shape index (κ1) is 21.2. The standard InChI is InChI=1S/C24H30N4O3/c29-22(27-20-8-2-1-3-9-20)18-12-15-28(16-13-18)24(30)26-17-19-7-6-14-25-23(19)31-21-10-4-5-11-21/h1-3,6-9,14,18,21H,4-5,10-13,15-17H2,(H,26,30)(H,27,29). The number of carbonyl (C=O) groups excluding carboxylic acids is 2. The molecule has 3 amide bonds. The third kappa shape index (κ3) is 5.75. The fourth-order valence-corrected chi connectivity index (χ4v) is 4.22. The normalized spacial score (nSPS) is 17.4. The van der Waals surface area contributed by atoms with Crippen molar-refractivity contribution in [1.29, 1.82) is 0 Å². The van der Waals surface area contributed by atoms with Gasteiger partial charge in [0.15, 0.2) is 0 Å². The van der Waals surface area contributed by atoms with E-state index in [1.807, 2.05) is 42.5 Å². The zero-order valence-electron chi connectivity index (χ0n) is 17.8. The molecule has 1 aliphatic carbocycles. The van der Waals surface area contributed by atoms with E-state index in [-0.39, 0.29) is 24.0 Å². The highest BCUT2D eigenvalue weighted by Gasteiger charge is 2.27. The van der Waals surface area contributed by atoms with Crippen molar-refractivity contribution in [3.8, 4) is 5.88 Å². The summed E-state index contributed by atoms with van der Waals surface area (Å²) in [6.45, 7) is 1.51. The molecule has 1 saturated heterocycles. The van der Waals surface area contributed by atoms with E-state index in [1.165, 1.54) is 12.8 Å². The van der Waals surface area contributed by atoms with Crippen molar-refractivity contribution >= 4 is 17.6 Å². The lowest BCUT2D eigenvalue weighted by Gasteiger charge is -2.31. The lowest BCUT2D eigenvalue weighted by atomic mass is 9.96. The molecule has 2 heterocycles. The monoisotopic (exact) mass is 422 g/mol. The number of benzene rings is 1. The van der Waals surface area contributed by atoms with Crippen molar-refractivity contribution in [2.45, 2.75) is 51.2 Å². The second kappa shape index (κ2) is 10.3. The molecule has 0 atom stereocenters. The Morgan fingerprint density at radius 1 is 1.00 bits per heavy atom. The summed E-state index contributed by atoms with van der Waals surface area (Å²) in [5.41, 5.74) is 1.69. The van der Waals surface area contributed by atoms with E-state index in [9.17, 15) is 9.59 Å². The Kier molecular flexibility index (Phi) is 7.02. The summed E-state index contributed by atoms with van der Waals surface area (Å²) in [5, 5.41) is 5.94. The van der Waals surface area contributed by atoms with Gasteiger partial charge in [-0.05, 0) is 56.7 Å². The number of carbonyl (C=O) groups is 2. The van der Waals surface area contributed by atoms with Gasteiger partial charge in [0.1, 0.15) is 6.10 Å². The first-order chi connectivity index (χ1) is 15.2. The maximum absolute atomic E-state index is 12.6. The van der Waals surface area contributed by atoms with Gasteiger partial charge in [-0.2, -0.15) is 0 Å². The topological polar surface area (TPSA) is 83.6 Å². The number of urea groups is 1. The second-order valence-corrected chi connectivity index (χ2v) is 8.27. The van der Waals surface area contributed by atoms with Gasteiger partial charge >= 0.3 is 6.03 Å². The van der Waals surface area contributed by atoms with Crippen molar-refractivity contribution in [2.75, 3.05) is 18.4 Å². The van der Waals surface area contributed by atoms with E-state index < -0.39 is 0 Å². The van der Waals surface area contributed by atoms with Crippen LogP contribution in [0.4, 0.5) is 10.5 Å². The van der Waals surface area contributed by atoms with E-state index >= 15 is 0 Å². The average molecular weight is 423 g/mol. The van der Waals surface area contributed by atoms with Crippen molar-refractivity contribution in [3.63, 3.8) is 0 Å². The molecule has 0 radical (unpaired) electrons. The first-order valence-electron chi connectivity index (χ1n) is 11.2. The molecule has 2 aromatic rings. The number of rotatable bonds is 6. The van der Waals surface area contributed by atoms with Gasteiger partial charge in [0.25, 0.3) is 0 Å². The number of nitrogens with zero attached hydrogens (tertiary/aromatic N) is 2. The number of amides is 3. The number of para-hydroxylation sites is 1. The van der Waals surface area contributed by atoms with Gasteiger partial charge in [-0.25, -0.2) is 9.78 Å². The number of pyridine rings is 1. The van der Waals surface area contributed by atoms with Crippen LogP contribution in [0.5, 0.6) is 5.88 Å². The fourth-order valence-electron chi connectivity index (χ4n) is 4.22. The van der Waals surface area contributed by atoms with Crippen molar-refractivity contribution in [1.82, 2.24) is 15.2 Å². The average Bonchev–Trinajstić information content (AvgIpc) is 3.32. The van der Waals surface area contributed by atoms with Gasteiger partial charge in [0.2, 0.25) is 11.8 Å². The van der Waals surface area contributed by atoms with Crippen LogP contribution < -0.4 is 15.4 Å². The van der Waals surface area contributed by atoms with Crippen molar-refractivity contribution in [2.24, 2.45) is 5.92 Å². The Bertz CT molecular complexity index is 875. The van der Waals surface area contributed by atoms with Crippen LogP contribution in [0.3, 0.4) is 0 Å². The second-order valence-electron chi connectivity index (χ2n) is 8.27. The van der Waals surface area contributed by atoms with Crippen LogP contribution in [0.2, 0.25) is 0 Å². The van der Waals surface area contributed by atoms with E-state index in [0.29, 0.717) is 38.4 Å². The Balaban J connectivity index is 1.24. The van der Waals surface area contributed by atoms with E-state index in [0.717, 1.165) is 24.1 Å². The summed E-state index contributed by atoms with van der Waals surface area (Å²) >= 11 is 0. The molecule has 2 fully saturated rings. The molecule has 4 rings (SSSR count). The van der Waals surface area contributed by atoms with Gasteiger partial charge in [-0.15, -0.1) is 0 Å². The van der Waals surface area contributed by atoms with Crippen molar-refractivity contribution in [3.05, 3.63) is 54.2 Å². The highest BCUT2D eigenvalue weighted by atomic mass is 16.5. The SMILES string of the molecule is O=C(Nc1ccccc1)C1CCN(C(=O)NCc2cccnc2OC2CCCC2)CC1. The number of hydrogen-bond acceptors (Lipinski definition) is 4. The Labute approximate surface area is 183 Å². The predicted octanol–water partition coefficient (Wildman–Crippen LogP) is 3.96. The van der Waals surface area contributed by atoms with Crippen LogP contribution in [-0.2, 0) is 11.3 Å². The summed E-state index contributed by atoms with van der Waals surface area (Å²) < 4.78 is 6.05. The fraction of sp³-hybridized carbons (Fsp3) is 0.458. The Morgan fingerprint density at radius 2 is 1.74 bits per heavy atom. The number of likely N-dealkylation sites (tertiary alicyclic amines) is 1. The van der Waals surface area contributed by atoms with Crippen LogP contribution >= 0.6 is 0 Å². The molecule has 31 heavy (non-hydrogen) atoms.